The molecule has 0 saturated carbocycles. The van der Waals surface area contributed by atoms with Gasteiger partial charge in [-0.1, -0.05) is 163 Å². The average molecular weight is 739 g/mol. The maximum atomic E-state index is 9.56. The molecule has 9 aromatic carbocycles. The van der Waals surface area contributed by atoms with E-state index in [9.17, 15) is 9.60 Å². The molecule has 0 radical (unpaired) electrons. The number of hydrogen-bond acceptors (Lipinski definition) is 0. The molecule has 0 spiro atoms. The van der Waals surface area contributed by atoms with Gasteiger partial charge < -0.3 is 13.7 Å². The highest BCUT2D eigenvalue weighted by Gasteiger charge is 2.23. The highest BCUT2D eigenvalue weighted by molar-refractivity contribution is 6.17. The first-order valence-corrected chi connectivity index (χ1v) is 18.6. The molecule has 0 fully saturated rings. The van der Waals surface area contributed by atoms with Gasteiger partial charge in [0, 0.05) is 49.1 Å². The smallest absolute Gasteiger partial charge is 0.0630 e. The molecule has 12 rings (SSSR count). The van der Waals surface area contributed by atoms with Gasteiger partial charge in [-0.2, -0.15) is 0 Å². The summed E-state index contributed by atoms with van der Waals surface area (Å²) in [6, 6.07) is 35.1. The number of benzene rings is 9. The zero-order valence-electron chi connectivity index (χ0n) is 43.0. The molecule has 0 bridgehead atoms. The third-order valence-corrected chi connectivity index (χ3v) is 11.0. The molecule has 3 heteroatoms. The maximum Gasteiger partial charge on any atom is 0.0630 e. The van der Waals surface area contributed by atoms with E-state index in [-0.39, 0.29) is 16.8 Å². The van der Waals surface area contributed by atoms with Crippen LogP contribution in [0.25, 0.3) is 105 Å². The molecule has 57 heavy (non-hydrogen) atoms. The highest BCUT2D eigenvalue weighted by atomic mass is 15.0. The topological polar surface area (TPSA) is 14.8 Å². The third kappa shape index (κ3) is 4.66. The number of aromatic nitrogens is 3. The van der Waals surface area contributed by atoms with E-state index >= 15 is 0 Å². The van der Waals surface area contributed by atoms with Crippen molar-refractivity contribution in [1.82, 2.24) is 13.7 Å². The summed E-state index contributed by atoms with van der Waals surface area (Å²) in [7, 11) is 0. The van der Waals surface area contributed by atoms with E-state index in [1.807, 2.05) is 72.8 Å². The monoisotopic (exact) mass is 738 g/mol. The predicted octanol–water partition coefficient (Wildman–Crippen LogP) is 14.3. The van der Waals surface area contributed by atoms with Gasteiger partial charge in [-0.3, -0.25) is 0 Å². The second kappa shape index (κ2) is 12.5. The fourth-order valence-corrected chi connectivity index (χ4v) is 8.72. The van der Waals surface area contributed by atoms with Gasteiger partial charge in [0.2, 0.25) is 0 Å². The van der Waals surface area contributed by atoms with E-state index in [4.69, 9.17) is 8.22 Å². The van der Waals surface area contributed by atoms with Crippen molar-refractivity contribution in [1.29, 1.82) is 0 Å². The number of nitrogens with zero attached hydrogens (tertiary/aromatic N) is 3. The van der Waals surface area contributed by atoms with Crippen LogP contribution < -0.4 is 0 Å². The average Bonchev–Trinajstić information content (AvgIpc) is 4.02. The van der Waals surface area contributed by atoms with Crippen LogP contribution in [0.5, 0.6) is 0 Å². The first-order chi connectivity index (χ1) is 33.7. The summed E-state index contributed by atoms with van der Waals surface area (Å²) in [5.74, 6) is 0. The van der Waals surface area contributed by atoms with Gasteiger partial charge in [-0.15, -0.1) is 0 Å². The molecule has 12 aromatic rings. The molecule has 266 valence electrons. The molecule has 0 unspecified atom stereocenters. The Morgan fingerprint density at radius 1 is 0.333 bits per heavy atom. The van der Waals surface area contributed by atoms with Crippen molar-refractivity contribution in [3.63, 3.8) is 0 Å². The van der Waals surface area contributed by atoms with Crippen LogP contribution in [0.4, 0.5) is 0 Å². The first kappa shape index (κ1) is 21.5. The Balaban J connectivity index is 1.26. The minimum absolute atomic E-state index is 0.165. The van der Waals surface area contributed by atoms with Gasteiger partial charge in [-0.05, 0) is 59.7 Å². The molecule has 0 amide bonds. The Bertz CT molecular complexity index is 4090. The summed E-state index contributed by atoms with van der Waals surface area (Å²) in [5, 5.41) is 5.55. The largest absolute Gasteiger partial charge is 0.309 e. The van der Waals surface area contributed by atoms with Gasteiger partial charge >= 0.3 is 0 Å². The summed E-state index contributed by atoms with van der Waals surface area (Å²) >= 11 is 0. The van der Waals surface area contributed by atoms with Crippen LogP contribution in [0, 0.1) is 0 Å². The van der Waals surface area contributed by atoms with E-state index in [0.717, 1.165) is 55.0 Å². The standard InChI is InChI=1S/C54H35N3/c1-3-17-36(18-4-1)39-25-15-26-40(37-19-5-2-6-20-37)54(39)57-49-30-14-10-24-45(49)53-50(31-16-32-51(53)57)56-48-29-13-9-23-43(48)44-34-33-38(35-52(44)56)55-46-27-11-7-21-41(46)42-22-8-12-28-47(42)55/h1-35H/i1D,2D,3D,4D,5D,6D,15D,17D,18D,19D,20D,25D,26D. The molecular weight excluding hydrogens is 691 g/mol. The molecule has 3 nitrogen and oxygen atoms in total. The van der Waals surface area contributed by atoms with Crippen molar-refractivity contribution >= 4 is 65.4 Å². The number of hydrogen-bond donors (Lipinski definition) is 0. The fourth-order valence-electron chi connectivity index (χ4n) is 8.72. The summed E-state index contributed by atoms with van der Waals surface area (Å²) in [4.78, 5) is 0. The lowest BCUT2D eigenvalue weighted by Crippen LogP contribution is -2.01. The maximum absolute atomic E-state index is 9.56. The molecular formula is C54H35N3. The number of fused-ring (bicyclic) bond motifs is 9. The first-order valence-electron chi connectivity index (χ1n) is 25.1. The molecule has 0 aliphatic carbocycles. The summed E-state index contributed by atoms with van der Waals surface area (Å²) in [6.07, 6.45) is 0. The molecule has 0 atom stereocenters. The SMILES string of the molecule is [2H]c1c([2H])c([2H])c(-c2c([2H])c([2H])c([2H])c(-c3c([2H])c([2H])c([2H])c([2H])c3[2H])c2-n2c3ccccc3c3c(-n4c5ccccc5c5ccc(-n6c7ccccc7c7ccccc76)cc54)cccc32)c([2H])c1[2H]. The van der Waals surface area contributed by atoms with Crippen LogP contribution in [-0.4, -0.2) is 13.7 Å². The lowest BCUT2D eigenvalue weighted by molar-refractivity contribution is 1.16. The Hall–Kier alpha value is -7.62. The third-order valence-electron chi connectivity index (χ3n) is 11.0. The van der Waals surface area contributed by atoms with Crippen LogP contribution in [-0.2, 0) is 0 Å². The van der Waals surface area contributed by atoms with Gasteiger partial charge in [0.1, 0.15) is 0 Å². The van der Waals surface area contributed by atoms with E-state index in [1.54, 1.807) is 16.7 Å². The van der Waals surface area contributed by atoms with E-state index < -0.39 is 89.7 Å². The van der Waals surface area contributed by atoms with Crippen LogP contribution in [0.1, 0.15) is 17.8 Å². The van der Waals surface area contributed by atoms with E-state index in [1.165, 1.54) is 0 Å². The zero-order chi connectivity index (χ0) is 48.8. The van der Waals surface area contributed by atoms with Crippen molar-refractivity contribution in [2.75, 3.05) is 0 Å². The Morgan fingerprint density at radius 2 is 0.807 bits per heavy atom. The highest BCUT2D eigenvalue weighted by Crippen LogP contribution is 2.44. The Labute approximate surface area is 347 Å². The molecule has 3 aromatic heterocycles. The Morgan fingerprint density at radius 3 is 1.39 bits per heavy atom. The van der Waals surface area contributed by atoms with E-state index in [2.05, 4.69) is 57.7 Å². The molecule has 0 N–H and O–H groups in total. The van der Waals surface area contributed by atoms with Crippen molar-refractivity contribution in [3.05, 3.63) is 212 Å². The van der Waals surface area contributed by atoms with Gasteiger partial charge in [0.25, 0.3) is 0 Å². The lowest BCUT2D eigenvalue weighted by atomic mass is 9.95. The van der Waals surface area contributed by atoms with Crippen molar-refractivity contribution in [2.24, 2.45) is 0 Å². The minimum Gasteiger partial charge on any atom is -0.309 e. The number of para-hydroxylation sites is 5. The minimum atomic E-state index is -0.738. The van der Waals surface area contributed by atoms with E-state index in [0.29, 0.717) is 21.8 Å². The van der Waals surface area contributed by atoms with Gasteiger partial charge in [0.15, 0.2) is 0 Å². The van der Waals surface area contributed by atoms with Crippen LogP contribution >= 0.6 is 0 Å². The Kier molecular flexibility index (Phi) is 4.69. The second-order valence-electron chi connectivity index (χ2n) is 13.9. The molecule has 0 aliphatic heterocycles. The quantitative estimate of drug-likeness (QED) is 0.167. The molecule has 3 heterocycles. The van der Waals surface area contributed by atoms with Crippen molar-refractivity contribution < 1.29 is 17.8 Å². The number of rotatable bonds is 5. The van der Waals surface area contributed by atoms with Crippen LogP contribution in [0.15, 0.2) is 212 Å². The molecule has 0 saturated heterocycles. The van der Waals surface area contributed by atoms with Crippen LogP contribution in [0.2, 0.25) is 0 Å². The fraction of sp³-hybridized carbons (Fsp3) is 0. The zero-order valence-corrected chi connectivity index (χ0v) is 30.0. The summed E-state index contributed by atoms with van der Waals surface area (Å²) < 4.78 is 123. The summed E-state index contributed by atoms with van der Waals surface area (Å²) in [6.45, 7) is 0. The second-order valence-corrected chi connectivity index (χ2v) is 13.9. The lowest BCUT2D eigenvalue weighted by Gasteiger charge is -2.19. The van der Waals surface area contributed by atoms with Crippen LogP contribution in [0.3, 0.4) is 0 Å². The predicted molar refractivity (Wildman–Crippen MR) is 240 cm³/mol. The van der Waals surface area contributed by atoms with Crippen molar-refractivity contribution in [2.45, 2.75) is 0 Å². The molecule has 0 aliphatic rings. The van der Waals surface area contributed by atoms with Gasteiger partial charge in [0.05, 0.1) is 62.3 Å². The van der Waals surface area contributed by atoms with Gasteiger partial charge in [-0.25, -0.2) is 0 Å². The normalized spacial score (nSPS) is 15.1. The van der Waals surface area contributed by atoms with Crippen molar-refractivity contribution in [3.8, 4) is 39.3 Å². The summed E-state index contributed by atoms with van der Waals surface area (Å²) in [5.41, 5.74) is 4.68.